The predicted molar refractivity (Wildman–Crippen MR) is 77.0 cm³/mol. The second kappa shape index (κ2) is 5.61. The first-order valence-electron chi connectivity index (χ1n) is 6.75. The Labute approximate surface area is 110 Å². The van der Waals surface area contributed by atoms with Gasteiger partial charge in [-0.1, -0.05) is 0 Å². The van der Waals surface area contributed by atoms with Crippen molar-refractivity contribution in [3.8, 4) is 0 Å². The van der Waals surface area contributed by atoms with Crippen LogP contribution in [0.2, 0.25) is 0 Å². The van der Waals surface area contributed by atoms with Gasteiger partial charge in [-0.05, 0) is 56.4 Å². The van der Waals surface area contributed by atoms with Crippen molar-refractivity contribution in [1.82, 2.24) is 0 Å². The summed E-state index contributed by atoms with van der Waals surface area (Å²) in [6.45, 7) is 6.09. The summed E-state index contributed by atoms with van der Waals surface area (Å²) >= 11 is 0. The molecule has 0 heterocycles. The number of nitrogen functional groups attached to an aromatic ring is 1. The average Bonchev–Trinajstić information content (AvgIpc) is 3.18. The Bertz CT molecular complexity index is 401. The fraction of sp³-hybridized carbons (Fsp3) is 0.600. The molecule has 0 spiro atoms. The lowest BCUT2D eigenvalue weighted by molar-refractivity contribution is 0.202. The Hall–Kier alpha value is -1.22. The number of hydrogen-bond donors (Lipinski definition) is 1. The van der Waals surface area contributed by atoms with Crippen molar-refractivity contribution in [2.24, 2.45) is 5.92 Å². The third-order valence-electron chi connectivity index (χ3n) is 3.92. The fourth-order valence-corrected chi connectivity index (χ4v) is 2.43. The number of nitrogens with two attached hydrogens (primary N) is 1. The number of nitrogens with zero attached hydrogens (tertiary/aromatic N) is 1. The standard InChI is InChI=1S/C15H24N2O/c1-11-10-14(6-7-15(11)16)17(8-9-18-3)12(2)13-4-5-13/h6-7,10,12-13H,4-5,8-9,16H2,1-3H3. The molecule has 1 aromatic rings. The molecular formula is C15H24N2O. The maximum absolute atomic E-state index is 5.89. The highest BCUT2D eigenvalue weighted by Gasteiger charge is 2.32. The smallest absolute Gasteiger partial charge is 0.0637 e. The van der Waals surface area contributed by atoms with Crippen molar-refractivity contribution in [1.29, 1.82) is 0 Å². The average molecular weight is 248 g/mol. The van der Waals surface area contributed by atoms with E-state index in [9.17, 15) is 0 Å². The van der Waals surface area contributed by atoms with Crippen LogP contribution in [0.4, 0.5) is 11.4 Å². The highest BCUT2D eigenvalue weighted by molar-refractivity contribution is 5.58. The molecule has 18 heavy (non-hydrogen) atoms. The number of aryl methyl sites for hydroxylation is 1. The maximum atomic E-state index is 5.89. The van der Waals surface area contributed by atoms with E-state index >= 15 is 0 Å². The van der Waals surface area contributed by atoms with E-state index < -0.39 is 0 Å². The fourth-order valence-electron chi connectivity index (χ4n) is 2.43. The summed E-state index contributed by atoms with van der Waals surface area (Å²) < 4.78 is 5.23. The molecule has 0 aromatic heterocycles. The summed E-state index contributed by atoms with van der Waals surface area (Å²) in [4.78, 5) is 2.45. The van der Waals surface area contributed by atoms with Crippen LogP contribution in [0.1, 0.15) is 25.3 Å². The number of rotatable bonds is 6. The molecule has 1 unspecified atom stereocenters. The summed E-state index contributed by atoms with van der Waals surface area (Å²) in [5.74, 6) is 0.847. The molecule has 1 atom stereocenters. The lowest BCUT2D eigenvalue weighted by Crippen LogP contribution is -2.37. The molecule has 0 radical (unpaired) electrons. The van der Waals surface area contributed by atoms with Crippen LogP contribution in [-0.2, 0) is 4.74 Å². The van der Waals surface area contributed by atoms with E-state index in [-0.39, 0.29) is 0 Å². The first-order chi connectivity index (χ1) is 8.63. The van der Waals surface area contributed by atoms with E-state index in [0.717, 1.165) is 30.3 Å². The van der Waals surface area contributed by atoms with Crippen molar-refractivity contribution < 1.29 is 4.74 Å². The molecule has 1 aliphatic carbocycles. The van der Waals surface area contributed by atoms with Gasteiger partial charge in [0.05, 0.1) is 6.61 Å². The monoisotopic (exact) mass is 248 g/mol. The Kier molecular flexibility index (Phi) is 4.12. The van der Waals surface area contributed by atoms with Gasteiger partial charge in [0.2, 0.25) is 0 Å². The van der Waals surface area contributed by atoms with Crippen molar-refractivity contribution >= 4 is 11.4 Å². The first-order valence-corrected chi connectivity index (χ1v) is 6.75. The quantitative estimate of drug-likeness (QED) is 0.787. The summed E-state index contributed by atoms with van der Waals surface area (Å²) in [6.07, 6.45) is 2.72. The van der Waals surface area contributed by atoms with Crippen molar-refractivity contribution in [3.63, 3.8) is 0 Å². The molecule has 1 aliphatic rings. The Morgan fingerprint density at radius 2 is 2.17 bits per heavy atom. The van der Waals surface area contributed by atoms with Crippen LogP contribution in [0.5, 0.6) is 0 Å². The second-order valence-corrected chi connectivity index (χ2v) is 5.31. The van der Waals surface area contributed by atoms with E-state index in [1.165, 1.54) is 18.5 Å². The predicted octanol–water partition coefficient (Wildman–Crippen LogP) is 2.83. The largest absolute Gasteiger partial charge is 0.399 e. The molecule has 100 valence electrons. The lowest BCUT2D eigenvalue weighted by atomic mass is 10.1. The van der Waals surface area contributed by atoms with Crippen LogP contribution in [0.25, 0.3) is 0 Å². The molecule has 0 saturated heterocycles. The minimum Gasteiger partial charge on any atom is -0.399 e. The summed E-state index contributed by atoms with van der Waals surface area (Å²) in [5.41, 5.74) is 9.17. The molecule has 2 N–H and O–H groups in total. The Morgan fingerprint density at radius 3 is 2.72 bits per heavy atom. The third-order valence-corrected chi connectivity index (χ3v) is 3.92. The number of hydrogen-bond acceptors (Lipinski definition) is 3. The Balaban J connectivity index is 2.17. The van der Waals surface area contributed by atoms with Gasteiger partial charge in [0, 0.05) is 31.1 Å². The minimum atomic E-state index is 0.586. The molecule has 2 rings (SSSR count). The number of benzene rings is 1. The van der Waals surface area contributed by atoms with Crippen molar-refractivity contribution in [2.75, 3.05) is 30.9 Å². The second-order valence-electron chi connectivity index (χ2n) is 5.31. The zero-order chi connectivity index (χ0) is 13.1. The summed E-state index contributed by atoms with van der Waals surface area (Å²) in [6, 6.07) is 6.90. The van der Waals surface area contributed by atoms with Gasteiger partial charge in [0.1, 0.15) is 0 Å². The van der Waals surface area contributed by atoms with Crippen LogP contribution >= 0.6 is 0 Å². The molecule has 0 aliphatic heterocycles. The van der Waals surface area contributed by atoms with Crippen LogP contribution in [0, 0.1) is 12.8 Å². The molecular weight excluding hydrogens is 224 g/mol. The third kappa shape index (κ3) is 2.96. The van der Waals surface area contributed by atoms with E-state index in [1.54, 1.807) is 7.11 Å². The first kappa shape index (κ1) is 13.2. The van der Waals surface area contributed by atoms with Gasteiger partial charge in [0.25, 0.3) is 0 Å². The van der Waals surface area contributed by atoms with Gasteiger partial charge >= 0.3 is 0 Å². The van der Waals surface area contributed by atoms with Gasteiger partial charge in [0.15, 0.2) is 0 Å². The zero-order valence-electron chi connectivity index (χ0n) is 11.6. The van der Waals surface area contributed by atoms with Crippen molar-refractivity contribution in [2.45, 2.75) is 32.7 Å². The number of anilines is 2. The number of methoxy groups -OCH3 is 1. The highest BCUT2D eigenvalue weighted by atomic mass is 16.5. The molecule has 3 heteroatoms. The van der Waals surface area contributed by atoms with Crippen LogP contribution in [0.15, 0.2) is 18.2 Å². The zero-order valence-corrected chi connectivity index (χ0v) is 11.6. The molecule has 0 bridgehead atoms. The maximum Gasteiger partial charge on any atom is 0.0637 e. The lowest BCUT2D eigenvalue weighted by Gasteiger charge is -2.32. The van der Waals surface area contributed by atoms with Crippen molar-refractivity contribution in [3.05, 3.63) is 23.8 Å². The molecule has 0 amide bonds. The molecule has 1 saturated carbocycles. The topological polar surface area (TPSA) is 38.5 Å². The summed E-state index contributed by atoms with van der Waals surface area (Å²) in [5, 5.41) is 0. The molecule has 1 fully saturated rings. The minimum absolute atomic E-state index is 0.586. The van der Waals surface area contributed by atoms with Gasteiger partial charge in [-0.2, -0.15) is 0 Å². The van der Waals surface area contributed by atoms with Crippen LogP contribution < -0.4 is 10.6 Å². The number of ether oxygens (including phenoxy) is 1. The van der Waals surface area contributed by atoms with Gasteiger partial charge in [-0.15, -0.1) is 0 Å². The molecule has 3 nitrogen and oxygen atoms in total. The summed E-state index contributed by atoms with van der Waals surface area (Å²) in [7, 11) is 1.76. The van der Waals surface area contributed by atoms with E-state index in [1.807, 2.05) is 6.07 Å². The van der Waals surface area contributed by atoms with E-state index in [4.69, 9.17) is 10.5 Å². The molecule has 1 aromatic carbocycles. The van der Waals surface area contributed by atoms with Gasteiger partial charge < -0.3 is 15.4 Å². The SMILES string of the molecule is COCCN(c1ccc(N)c(C)c1)C(C)C1CC1. The normalized spacial score (nSPS) is 16.6. The van der Waals surface area contributed by atoms with E-state index in [2.05, 4.69) is 30.9 Å². The Morgan fingerprint density at radius 1 is 1.44 bits per heavy atom. The highest BCUT2D eigenvalue weighted by Crippen LogP contribution is 2.37. The van der Waals surface area contributed by atoms with Crippen LogP contribution in [0.3, 0.4) is 0 Å². The van der Waals surface area contributed by atoms with Crippen LogP contribution in [-0.4, -0.2) is 26.3 Å². The van der Waals surface area contributed by atoms with Gasteiger partial charge in [-0.25, -0.2) is 0 Å². The van der Waals surface area contributed by atoms with Gasteiger partial charge in [-0.3, -0.25) is 0 Å². The van der Waals surface area contributed by atoms with E-state index in [0.29, 0.717) is 6.04 Å².